The van der Waals surface area contributed by atoms with Crippen molar-refractivity contribution in [3.63, 3.8) is 0 Å². The van der Waals surface area contributed by atoms with Gasteiger partial charge < -0.3 is 14.8 Å². The Labute approximate surface area is 169 Å². The van der Waals surface area contributed by atoms with E-state index in [0.717, 1.165) is 36.3 Å². The Kier molecular flexibility index (Phi) is 7.41. The molecule has 0 unspecified atom stereocenters. The molecule has 5 nitrogen and oxygen atoms in total. The van der Waals surface area contributed by atoms with Crippen molar-refractivity contribution < 1.29 is 23.0 Å². The van der Waals surface area contributed by atoms with Crippen LogP contribution in [0.1, 0.15) is 24.0 Å². The Balaban J connectivity index is 1.43. The zero-order valence-electron chi connectivity index (χ0n) is 16.4. The van der Waals surface area contributed by atoms with Gasteiger partial charge >= 0.3 is 6.61 Å². The maximum atomic E-state index is 12.4. The normalized spacial score (nSPS) is 13.6. The summed E-state index contributed by atoms with van der Waals surface area (Å²) in [6.45, 7) is -1.24. The Bertz CT molecular complexity index is 778. The standard InChI is InChI=1S/C22H26F2N2O3/c1-28-19-8-4-17(5-9-19)14-26(18-6-7-18)15-21(27)25-13-12-16-2-10-20(11-3-16)29-22(23)24/h2-5,8-11,18,22H,6-7,12-15H2,1H3,(H,25,27). The number of rotatable bonds is 11. The van der Waals surface area contributed by atoms with Crippen molar-refractivity contribution in [3.05, 3.63) is 59.7 Å². The molecular weight excluding hydrogens is 378 g/mol. The quantitative estimate of drug-likeness (QED) is 0.622. The first kappa shape index (κ1) is 21.0. The molecule has 1 amide bonds. The molecule has 7 heteroatoms. The monoisotopic (exact) mass is 404 g/mol. The van der Waals surface area contributed by atoms with Gasteiger partial charge in [-0.15, -0.1) is 0 Å². The van der Waals surface area contributed by atoms with Gasteiger partial charge in [0.25, 0.3) is 0 Å². The van der Waals surface area contributed by atoms with Gasteiger partial charge in [0, 0.05) is 19.1 Å². The molecule has 3 rings (SSSR count). The van der Waals surface area contributed by atoms with E-state index in [-0.39, 0.29) is 11.7 Å². The Morgan fingerprint density at radius 3 is 2.28 bits per heavy atom. The van der Waals surface area contributed by atoms with Crippen LogP contribution in [-0.2, 0) is 17.8 Å². The van der Waals surface area contributed by atoms with Crippen LogP contribution >= 0.6 is 0 Å². The van der Waals surface area contributed by atoms with Gasteiger partial charge in [-0.2, -0.15) is 8.78 Å². The van der Waals surface area contributed by atoms with Crippen molar-refractivity contribution >= 4 is 5.91 Å². The number of methoxy groups -OCH3 is 1. The van der Waals surface area contributed by atoms with Gasteiger partial charge in [-0.3, -0.25) is 9.69 Å². The lowest BCUT2D eigenvalue weighted by Crippen LogP contribution is -2.38. The molecule has 0 heterocycles. The highest BCUT2D eigenvalue weighted by Gasteiger charge is 2.30. The summed E-state index contributed by atoms with van der Waals surface area (Å²) in [5.74, 6) is 0.938. The number of hydrogen-bond donors (Lipinski definition) is 1. The summed E-state index contributed by atoms with van der Waals surface area (Å²) in [6, 6.07) is 14.8. The largest absolute Gasteiger partial charge is 0.497 e. The molecule has 29 heavy (non-hydrogen) atoms. The number of amides is 1. The zero-order chi connectivity index (χ0) is 20.6. The van der Waals surface area contributed by atoms with Crippen LogP contribution in [0.4, 0.5) is 8.78 Å². The average molecular weight is 404 g/mol. The summed E-state index contributed by atoms with van der Waals surface area (Å²) in [7, 11) is 1.64. The van der Waals surface area contributed by atoms with E-state index >= 15 is 0 Å². The molecule has 0 radical (unpaired) electrons. The van der Waals surface area contributed by atoms with E-state index in [0.29, 0.717) is 25.6 Å². The van der Waals surface area contributed by atoms with E-state index < -0.39 is 6.61 Å². The first-order valence-electron chi connectivity index (χ1n) is 9.71. The lowest BCUT2D eigenvalue weighted by Gasteiger charge is -2.21. The molecule has 1 N–H and O–H groups in total. The molecule has 0 atom stereocenters. The summed E-state index contributed by atoms with van der Waals surface area (Å²) in [6.07, 6.45) is 2.87. The van der Waals surface area contributed by atoms with Gasteiger partial charge in [-0.05, 0) is 54.7 Å². The van der Waals surface area contributed by atoms with Gasteiger partial charge in [-0.25, -0.2) is 0 Å². The van der Waals surface area contributed by atoms with Crippen LogP contribution in [0.25, 0.3) is 0 Å². The van der Waals surface area contributed by atoms with Crippen molar-refractivity contribution in [2.45, 2.75) is 38.5 Å². The number of carbonyl (C=O) groups is 1. The second kappa shape index (κ2) is 10.2. The van der Waals surface area contributed by atoms with Crippen LogP contribution in [0.5, 0.6) is 11.5 Å². The van der Waals surface area contributed by atoms with Crippen LogP contribution < -0.4 is 14.8 Å². The van der Waals surface area contributed by atoms with E-state index in [1.165, 1.54) is 12.1 Å². The molecular formula is C22H26F2N2O3. The number of benzene rings is 2. The minimum absolute atomic E-state index is 0.0111. The van der Waals surface area contributed by atoms with Gasteiger partial charge in [0.1, 0.15) is 11.5 Å². The predicted molar refractivity (Wildman–Crippen MR) is 106 cm³/mol. The van der Waals surface area contributed by atoms with E-state index in [4.69, 9.17) is 4.74 Å². The lowest BCUT2D eigenvalue weighted by molar-refractivity contribution is -0.122. The number of alkyl halides is 2. The number of halogens is 2. The minimum atomic E-state index is -2.83. The lowest BCUT2D eigenvalue weighted by atomic mass is 10.1. The first-order chi connectivity index (χ1) is 14.0. The summed E-state index contributed by atoms with van der Waals surface area (Å²) in [5.41, 5.74) is 2.10. The fourth-order valence-electron chi connectivity index (χ4n) is 3.14. The molecule has 2 aromatic rings. The van der Waals surface area contributed by atoms with Crippen LogP contribution in [0, 0.1) is 0 Å². The summed E-state index contributed by atoms with van der Waals surface area (Å²) in [5, 5.41) is 2.94. The molecule has 0 saturated heterocycles. The smallest absolute Gasteiger partial charge is 0.387 e. The SMILES string of the molecule is COc1ccc(CN(CC(=O)NCCc2ccc(OC(F)F)cc2)C2CC2)cc1. The third-order valence-electron chi connectivity index (χ3n) is 4.84. The van der Waals surface area contributed by atoms with Crippen LogP contribution in [0.15, 0.2) is 48.5 Å². The van der Waals surface area contributed by atoms with Gasteiger partial charge in [0.05, 0.1) is 13.7 Å². The number of carbonyl (C=O) groups excluding carboxylic acids is 1. The Morgan fingerprint density at radius 1 is 1.07 bits per heavy atom. The highest BCUT2D eigenvalue weighted by molar-refractivity contribution is 5.78. The molecule has 0 bridgehead atoms. The Hall–Kier alpha value is -2.67. The predicted octanol–water partition coefficient (Wildman–Crippen LogP) is 3.62. The van der Waals surface area contributed by atoms with Crippen molar-refractivity contribution in [2.24, 2.45) is 0 Å². The van der Waals surface area contributed by atoms with Gasteiger partial charge in [-0.1, -0.05) is 24.3 Å². The third-order valence-corrected chi connectivity index (χ3v) is 4.84. The average Bonchev–Trinajstić information content (AvgIpc) is 3.54. The summed E-state index contributed by atoms with van der Waals surface area (Å²) >= 11 is 0. The minimum Gasteiger partial charge on any atom is -0.497 e. The second-order valence-corrected chi connectivity index (χ2v) is 7.11. The third kappa shape index (κ3) is 7.02. The fraction of sp³-hybridized carbons (Fsp3) is 0.409. The fourth-order valence-corrected chi connectivity index (χ4v) is 3.14. The molecule has 1 aliphatic carbocycles. The Morgan fingerprint density at radius 2 is 1.69 bits per heavy atom. The molecule has 1 fully saturated rings. The van der Waals surface area contributed by atoms with E-state index in [9.17, 15) is 13.6 Å². The molecule has 1 saturated carbocycles. The first-order valence-corrected chi connectivity index (χ1v) is 9.71. The number of hydrogen-bond acceptors (Lipinski definition) is 4. The van der Waals surface area contributed by atoms with Crippen LogP contribution in [0.2, 0.25) is 0 Å². The highest BCUT2D eigenvalue weighted by atomic mass is 19.3. The molecule has 1 aliphatic rings. The van der Waals surface area contributed by atoms with E-state index in [1.807, 2.05) is 24.3 Å². The number of nitrogens with zero attached hydrogens (tertiary/aromatic N) is 1. The molecule has 2 aromatic carbocycles. The summed E-state index contributed by atoms with van der Waals surface area (Å²) < 4.78 is 33.9. The molecule has 0 aliphatic heterocycles. The van der Waals surface area contributed by atoms with Gasteiger partial charge in [0.15, 0.2) is 0 Å². The van der Waals surface area contributed by atoms with E-state index in [1.54, 1.807) is 19.2 Å². The topological polar surface area (TPSA) is 50.8 Å². The van der Waals surface area contributed by atoms with Crippen LogP contribution in [0.3, 0.4) is 0 Å². The van der Waals surface area contributed by atoms with Crippen molar-refractivity contribution in [2.75, 3.05) is 20.2 Å². The summed E-state index contributed by atoms with van der Waals surface area (Å²) in [4.78, 5) is 14.6. The molecule has 0 aromatic heterocycles. The van der Waals surface area contributed by atoms with Gasteiger partial charge in [0.2, 0.25) is 5.91 Å². The molecule has 156 valence electrons. The highest BCUT2D eigenvalue weighted by Crippen LogP contribution is 2.28. The number of ether oxygens (including phenoxy) is 2. The zero-order valence-corrected chi connectivity index (χ0v) is 16.4. The maximum absolute atomic E-state index is 12.4. The number of nitrogens with one attached hydrogen (secondary N) is 1. The van der Waals surface area contributed by atoms with Crippen molar-refractivity contribution in [1.82, 2.24) is 10.2 Å². The van der Waals surface area contributed by atoms with Crippen molar-refractivity contribution in [3.8, 4) is 11.5 Å². The maximum Gasteiger partial charge on any atom is 0.387 e. The van der Waals surface area contributed by atoms with Crippen LogP contribution in [-0.4, -0.2) is 43.7 Å². The van der Waals surface area contributed by atoms with Crippen molar-refractivity contribution in [1.29, 1.82) is 0 Å². The molecule has 0 spiro atoms. The van der Waals surface area contributed by atoms with E-state index in [2.05, 4.69) is 15.0 Å². The second-order valence-electron chi connectivity index (χ2n) is 7.11.